The van der Waals surface area contributed by atoms with Crippen molar-refractivity contribution in [2.75, 3.05) is 5.32 Å². The highest BCUT2D eigenvalue weighted by Crippen LogP contribution is 2.34. The van der Waals surface area contributed by atoms with Gasteiger partial charge in [0.2, 0.25) is 5.91 Å². The smallest absolute Gasteiger partial charge is 0.234 e. The molecule has 1 unspecified atom stereocenters. The Morgan fingerprint density at radius 3 is 2.11 bits per heavy atom. The second-order valence-corrected chi connectivity index (χ2v) is 6.08. The number of nitrogens with one attached hydrogen (secondary N) is 1. The van der Waals surface area contributed by atoms with Crippen LogP contribution in [0, 0.1) is 11.8 Å². The molecule has 104 valence electrons. The Bertz CT molecular complexity index is 497. The zero-order chi connectivity index (χ0) is 14.7. The van der Waals surface area contributed by atoms with E-state index < -0.39 is 5.92 Å². The second-order valence-electron chi connectivity index (χ2n) is 4.36. The highest BCUT2D eigenvalue weighted by molar-refractivity contribution is 7.80. The van der Waals surface area contributed by atoms with Crippen LogP contribution < -0.4 is 11.1 Å². The average molecular weight is 340 g/mol. The zero-order valence-corrected chi connectivity index (χ0v) is 13.4. The molecule has 0 bridgehead atoms. The summed E-state index contributed by atoms with van der Waals surface area (Å²) in [6.07, 6.45) is 0. The molecule has 3 N–H and O–H groups in total. The van der Waals surface area contributed by atoms with E-state index in [-0.39, 0.29) is 26.9 Å². The maximum atomic E-state index is 12.2. The van der Waals surface area contributed by atoms with E-state index in [0.29, 0.717) is 10.7 Å². The minimum Gasteiger partial charge on any atom is -0.393 e. The lowest BCUT2D eigenvalue weighted by Gasteiger charge is -2.19. The van der Waals surface area contributed by atoms with Gasteiger partial charge in [-0.3, -0.25) is 4.79 Å². The summed E-state index contributed by atoms with van der Waals surface area (Å²) in [6.45, 7) is 3.71. The molecule has 1 atom stereocenters. The third-order valence-electron chi connectivity index (χ3n) is 2.51. The molecule has 0 radical (unpaired) electrons. The van der Waals surface area contributed by atoms with Gasteiger partial charge >= 0.3 is 0 Å². The fourth-order valence-corrected chi connectivity index (χ4v) is 2.91. The Balaban J connectivity index is 3.03. The Labute approximate surface area is 132 Å². The fraction of sp³-hybridized carbons (Fsp3) is 0.333. The summed E-state index contributed by atoms with van der Waals surface area (Å²) < 4.78 is 0. The number of rotatable bonds is 4. The van der Waals surface area contributed by atoms with Gasteiger partial charge in [0, 0.05) is 5.02 Å². The summed E-state index contributed by atoms with van der Waals surface area (Å²) in [5, 5.41) is 3.55. The molecule has 0 saturated carbocycles. The van der Waals surface area contributed by atoms with Gasteiger partial charge in [0.1, 0.15) is 0 Å². The van der Waals surface area contributed by atoms with E-state index in [4.69, 9.17) is 52.8 Å². The minimum absolute atomic E-state index is 0.0256. The van der Waals surface area contributed by atoms with E-state index in [1.807, 2.05) is 13.8 Å². The van der Waals surface area contributed by atoms with Crippen molar-refractivity contribution in [2.24, 2.45) is 17.6 Å². The predicted octanol–water partition coefficient (Wildman–Crippen LogP) is 4.14. The van der Waals surface area contributed by atoms with Crippen LogP contribution in [0.2, 0.25) is 15.1 Å². The van der Waals surface area contributed by atoms with Crippen LogP contribution in [0.15, 0.2) is 12.1 Å². The molecule has 0 fully saturated rings. The number of nitrogens with two attached hydrogens (primary N) is 1. The molecule has 3 nitrogen and oxygen atoms in total. The van der Waals surface area contributed by atoms with Crippen LogP contribution in [-0.2, 0) is 4.79 Å². The van der Waals surface area contributed by atoms with Crippen LogP contribution in [-0.4, -0.2) is 10.9 Å². The third kappa shape index (κ3) is 4.21. The van der Waals surface area contributed by atoms with Gasteiger partial charge in [0.05, 0.1) is 26.6 Å². The topological polar surface area (TPSA) is 55.1 Å². The standard InChI is InChI=1S/C12H13Cl3N2OS/c1-5(2)9(11(16)19)12(18)17-10-7(14)3-6(13)4-8(10)15/h3-5,9H,1-2H3,(H2,16,19)(H,17,18). The van der Waals surface area contributed by atoms with Crippen molar-refractivity contribution in [1.29, 1.82) is 0 Å². The number of halogens is 3. The Morgan fingerprint density at radius 1 is 1.26 bits per heavy atom. The van der Waals surface area contributed by atoms with Crippen molar-refractivity contribution < 1.29 is 4.79 Å². The van der Waals surface area contributed by atoms with Gasteiger partial charge in [-0.15, -0.1) is 0 Å². The molecule has 1 rings (SSSR count). The van der Waals surface area contributed by atoms with Crippen molar-refractivity contribution >= 4 is 63.6 Å². The van der Waals surface area contributed by atoms with E-state index in [9.17, 15) is 4.79 Å². The largest absolute Gasteiger partial charge is 0.393 e. The van der Waals surface area contributed by atoms with Crippen molar-refractivity contribution in [1.82, 2.24) is 0 Å². The quantitative estimate of drug-likeness (QED) is 0.810. The highest BCUT2D eigenvalue weighted by Gasteiger charge is 2.26. The SMILES string of the molecule is CC(C)C(C(=O)Nc1c(Cl)cc(Cl)cc1Cl)C(N)=S. The van der Waals surface area contributed by atoms with Crippen LogP contribution in [0.25, 0.3) is 0 Å². The maximum absolute atomic E-state index is 12.2. The number of hydrogen-bond donors (Lipinski definition) is 2. The highest BCUT2D eigenvalue weighted by atomic mass is 35.5. The van der Waals surface area contributed by atoms with Gasteiger partial charge in [-0.05, 0) is 18.1 Å². The van der Waals surface area contributed by atoms with Crippen LogP contribution in [0.3, 0.4) is 0 Å². The Hall–Kier alpha value is -0.550. The molecule has 0 aliphatic heterocycles. The summed E-state index contributed by atoms with van der Waals surface area (Å²) in [4.78, 5) is 12.3. The molecule has 0 heterocycles. The lowest BCUT2D eigenvalue weighted by Crippen LogP contribution is -2.36. The number of anilines is 1. The summed E-state index contributed by atoms with van der Waals surface area (Å²) in [5.74, 6) is -0.950. The molecule has 0 spiro atoms. The monoisotopic (exact) mass is 338 g/mol. The Kier molecular flexibility index (Phi) is 5.86. The van der Waals surface area contributed by atoms with Gasteiger partial charge in [-0.25, -0.2) is 0 Å². The lowest BCUT2D eigenvalue weighted by atomic mass is 9.95. The van der Waals surface area contributed by atoms with Crippen LogP contribution in [0.4, 0.5) is 5.69 Å². The lowest BCUT2D eigenvalue weighted by molar-refractivity contribution is -0.118. The van der Waals surface area contributed by atoms with Gasteiger partial charge in [-0.2, -0.15) is 0 Å². The minimum atomic E-state index is -0.585. The fourth-order valence-electron chi connectivity index (χ4n) is 1.62. The van der Waals surface area contributed by atoms with Crippen molar-refractivity contribution in [3.63, 3.8) is 0 Å². The van der Waals surface area contributed by atoms with Gasteiger partial charge in [0.25, 0.3) is 0 Å². The molecule has 0 saturated heterocycles. The molecule has 1 aromatic carbocycles. The van der Waals surface area contributed by atoms with Crippen molar-refractivity contribution in [3.05, 3.63) is 27.2 Å². The first kappa shape index (κ1) is 16.5. The van der Waals surface area contributed by atoms with Crippen molar-refractivity contribution in [2.45, 2.75) is 13.8 Å². The number of thiocarbonyl (C=S) groups is 1. The van der Waals surface area contributed by atoms with E-state index in [1.54, 1.807) is 0 Å². The van der Waals surface area contributed by atoms with Gasteiger partial charge in [-0.1, -0.05) is 60.9 Å². The summed E-state index contributed by atoms with van der Waals surface area (Å²) in [7, 11) is 0. The summed E-state index contributed by atoms with van der Waals surface area (Å²) in [5.41, 5.74) is 5.88. The first-order chi connectivity index (χ1) is 8.73. The van der Waals surface area contributed by atoms with E-state index in [2.05, 4.69) is 5.32 Å². The number of hydrogen-bond acceptors (Lipinski definition) is 2. The molecule has 0 aliphatic rings. The molecule has 0 aromatic heterocycles. The van der Waals surface area contributed by atoms with Crippen LogP contribution in [0.5, 0.6) is 0 Å². The number of benzene rings is 1. The molecular weight excluding hydrogens is 327 g/mol. The average Bonchev–Trinajstić information content (AvgIpc) is 2.22. The summed E-state index contributed by atoms with van der Waals surface area (Å²) >= 11 is 22.7. The second kappa shape index (κ2) is 6.75. The normalized spacial score (nSPS) is 12.3. The molecule has 0 aliphatic carbocycles. The van der Waals surface area contributed by atoms with Crippen LogP contribution >= 0.6 is 47.0 Å². The molecule has 19 heavy (non-hydrogen) atoms. The number of carbonyl (C=O) groups is 1. The van der Waals surface area contributed by atoms with E-state index >= 15 is 0 Å². The van der Waals surface area contributed by atoms with Crippen LogP contribution in [0.1, 0.15) is 13.8 Å². The molecule has 7 heteroatoms. The molecule has 1 aromatic rings. The van der Waals surface area contributed by atoms with E-state index in [0.717, 1.165) is 0 Å². The van der Waals surface area contributed by atoms with Gasteiger partial charge in [0.15, 0.2) is 0 Å². The molecule has 1 amide bonds. The zero-order valence-electron chi connectivity index (χ0n) is 10.3. The third-order valence-corrected chi connectivity index (χ3v) is 3.58. The first-order valence-electron chi connectivity index (χ1n) is 5.48. The predicted molar refractivity (Wildman–Crippen MR) is 85.2 cm³/mol. The van der Waals surface area contributed by atoms with Gasteiger partial charge < -0.3 is 11.1 Å². The number of amides is 1. The number of carbonyl (C=O) groups excluding carboxylic acids is 1. The van der Waals surface area contributed by atoms with Crippen molar-refractivity contribution in [3.8, 4) is 0 Å². The Morgan fingerprint density at radius 2 is 1.74 bits per heavy atom. The molecular formula is C12H13Cl3N2OS. The summed E-state index contributed by atoms with van der Waals surface area (Å²) in [6, 6.07) is 2.99. The maximum Gasteiger partial charge on any atom is 0.234 e. The first-order valence-corrected chi connectivity index (χ1v) is 7.03. The van der Waals surface area contributed by atoms with E-state index in [1.165, 1.54) is 12.1 Å².